The molecule has 2 amide bonds. The molecule has 6 nitrogen and oxygen atoms in total. The highest BCUT2D eigenvalue weighted by Crippen LogP contribution is 2.16. The molecule has 7 heteroatoms. The van der Waals surface area contributed by atoms with E-state index in [1.807, 2.05) is 0 Å². The van der Waals surface area contributed by atoms with Gasteiger partial charge in [0.2, 0.25) is 0 Å². The number of ether oxygens (including phenoxy) is 1. The average Bonchev–Trinajstić information content (AvgIpc) is 2.69. The highest BCUT2D eigenvalue weighted by atomic mass is 32.2. The molecule has 1 rings (SSSR count). The Kier molecular flexibility index (Phi) is 5.41. The fourth-order valence-electron chi connectivity index (χ4n) is 1.38. The van der Waals surface area contributed by atoms with Crippen LogP contribution >= 0.6 is 11.8 Å². The summed E-state index contributed by atoms with van der Waals surface area (Å²) in [4.78, 5) is 22.2. The maximum absolute atomic E-state index is 11.4. The van der Waals surface area contributed by atoms with Crippen molar-refractivity contribution in [3.05, 3.63) is 0 Å². The molecule has 0 aliphatic carbocycles. The minimum absolute atomic E-state index is 0.0395. The number of thioether (sulfide) groups is 1. The third-order valence-electron chi connectivity index (χ3n) is 2.20. The second-order valence-electron chi connectivity index (χ2n) is 3.52. The number of aliphatic carboxylic acids is 1. The third-order valence-corrected chi connectivity index (χ3v) is 3.36. The van der Waals surface area contributed by atoms with Gasteiger partial charge >= 0.3 is 12.0 Å². The first-order chi connectivity index (χ1) is 7.63. The molecule has 1 saturated heterocycles. The van der Waals surface area contributed by atoms with Crippen LogP contribution in [0.5, 0.6) is 0 Å². The second kappa shape index (κ2) is 6.59. The molecule has 0 saturated carbocycles. The highest BCUT2D eigenvalue weighted by Gasteiger charge is 2.22. The number of carboxylic acids is 1. The molecule has 1 fully saturated rings. The number of hydrogen-bond donors (Lipinski definition) is 3. The Morgan fingerprint density at radius 3 is 2.88 bits per heavy atom. The van der Waals surface area contributed by atoms with Crippen molar-refractivity contribution < 1.29 is 19.4 Å². The van der Waals surface area contributed by atoms with E-state index in [0.717, 1.165) is 17.9 Å². The molecule has 0 aromatic heterocycles. The number of carbonyl (C=O) groups is 2. The highest BCUT2D eigenvalue weighted by molar-refractivity contribution is 7.99. The van der Waals surface area contributed by atoms with Gasteiger partial charge in [0, 0.05) is 18.9 Å². The predicted molar refractivity (Wildman–Crippen MR) is 60.7 cm³/mol. The van der Waals surface area contributed by atoms with Gasteiger partial charge in [-0.3, -0.25) is 0 Å². The average molecular weight is 248 g/mol. The van der Waals surface area contributed by atoms with Crippen LogP contribution in [0.2, 0.25) is 0 Å². The van der Waals surface area contributed by atoms with Crippen molar-refractivity contribution in [1.29, 1.82) is 0 Å². The van der Waals surface area contributed by atoms with Crippen molar-refractivity contribution in [3.8, 4) is 0 Å². The molecule has 1 aliphatic heterocycles. The normalized spacial score (nSPS) is 21.4. The third kappa shape index (κ3) is 4.28. The van der Waals surface area contributed by atoms with E-state index in [4.69, 9.17) is 9.84 Å². The van der Waals surface area contributed by atoms with E-state index in [1.54, 1.807) is 11.8 Å². The van der Waals surface area contributed by atoms with Gasteiger partial charge in [-0.15, -0.1) is 0 Å². The molecule has 0 aromatic carbocycles. The number of carboxylic acid groups (broad SMARTS) is 1. The van der Waals surface area contributed by atoms with Crippen molar-refractivity contribution >= 4 is 23.8 Å². The molecule has 0 radical (unpaired) electrons. The van der Waals surface area contributed by atoms with Crippen LogP contribution in [-0.2, 0) is 9.53 Å². The summed E-state index contributed by atoms with van der Waals surface area (Å²) in [5.74, 6) is 0.818. The standard InChI is InChI=1S/C9H16N2O4S/c1-15-4-7(8(12)13)11-9(14)10-6-2-3-16-5-6/h6-7H,2-5H2,1H3,(H,12,13)(H2,10,11,14). The van der Waals surface area contributed by atoms with Crippen LogP contribution in [0.25, 0.3) is 0 Å². The Bertz CT molecular complexity index is 256. The zero-order valence-electron chi connectivity index (χ0n) is 9.06. The molecule has 2 unspecified atom stereocenters. The van der Waals surface area contributed by atoms with Gasteiger partial charge in [0.25, 0.3) is 0 Å². The zero-order valence-corrected chi connectivity index (χ0v) is 9.88. The van der Waals surface area contributed by atoms with E-state index in [-0.39, 0.29) is 12.6 Å². The summed E-state index contributed by atoms with van der Waals surface area (Å²) in [5.41, 5.74) is 0. The fraction of sp³-hybridized carbons (Fsp3) is 0.778. The van der Waals surface area contributed by atoms with Gasteiger partial charge < -0.3 is 20.5 Å². The van der Waals surface area contributed by atoms with E-state index in [2.05, 4.69) is 10.6 Å². The van der Waals surface area contributed by atoms with Gasteiger partial charge in [0.05, 0.1) is 6.61 Å². The summed E-state index contributed by atoms with van der Waals surface area (Å²) in [6.45, 7) is -0.0395. The Balaban J connectivity index is 2.32. The molecule has 0 aromatic rings. The van der Waals surface area contributed by atoms with Crippen molar-refractivity contribution in [3.63, 3.8) is 0 Å². The number of rotatable bonds is 5. The maximum Gasteiger partial charge on any atom is 0.328 e. The van der Waals surface area contributed by atoms with Crippen molar-refractivity contribution in [2.24, 2.45) is 0 Å². The van der Waals surface area contributed by atoms with Crippen molar-refractivity contribution in [2.45, 2.75) is 18.5 Å². The molecule has 0 spiro atoms. The molecular weight excluding hydrogens is 232 g/mol. The molecule has 1 aliphatic rings. The van der Waals surface area contributed by atoms with Gasteiger partial charge in [-0.25, -0.2) is 9.59 Å². The summed E-state index contributed by atoms with van der Waals surface area (Å²) in [6, 6.07) is -1.31. The summed E-state index contributed by atoms with van der Waals surface area (Å²) in [7, 11) is 1.39. The lowest BCUT2D eigenvalue weighted by molar-refractivity contribution is -0.140. The lowest BCUT2D eigenvalue weighted by Crippen LogP contribution is -2.50. The number of nitrogens with one attached hydrogen (secondary N) is 2. The van der Waals surface area contributed by atoms with Crippen LogP contribution < -0.4 is 10.6 Å². The monoisotopic (exact) mass is 248 g/mol. The van der Waals surface area contributed by atoms with E-state index in [0.29, 0.717) is 0 Å². The Morgan fingerprint density at radius 2 is 2.38 bits per heavy atom. The molecule has 1 heterocycles. The van der Waals surface area contributed by atoms with Crippen LogP contribution in [0.15, 0.2) is 0 Å². The predicted octanol–water partition coefficient (Wildman–Crippen LogP) is -0.109. The first-order valence-corrected chi connectivity index (χ1v) is 6.15. The number of amides is 2. The SMILES string of the molecule is COCC(NC(=O)NC1CCSC1)C(=O)O. The molecule has 16 heavy (non-hydrogen) atoms. The molecule has 0 bridgehead atoms. The number of methoxy groups -OCH3 is 1. The van der Waals surface area contributed by atoms with Gasteiger partial charge in [-0.05, 0) is 12.2 Å². The van der Waals surface area contributed by atoms with Crippen molar-refractivity contribution in [2.75, 3.05) is 25.2 Å². The summed E-state index contributed by atoms with van der Waals surface area (Å²) in [5, 5.41) is 13.9. The molecule has 2 atom stereocenters. The smallest absolute Gasteiger partial charge is 0.328 e. The van der Waals surface area contributed by atoms with Crippen LogP contribution in [-0.4, -0.2) is 54.4 Å². The minimum atomic E-state index is -1.10. The largest absolute Gasteiger partial charge is 0.480 e. The number of urea groups is 1. The van der Waals surface area contributed by atoms with E-state index >= 15 is 0 Å². The van der Waals surface area contributed by atoms with Crippen molar-refractivity contribution in [1.82, 2.24) is 10.6 Å². The summed E-state index contributed by atoms with van der Waals surface area (Å²) < 4.78 is 4.71. The first-order valence-electron chi connectivity index (χ1n) is 5.00. The van der Waals surface area contributed by atoms with Crippen LogP contribution in [0.1, 0.15) is 6.42 Å². The van der Waals surface area contributed by atoms with E-state index < -0.39 is 18.0 Å². The summed E-state index contributed by atoms with van der Waals surface area (Å²) >= 11 is 1.78. The number of carbonyl (C=O) groups excluding carboxylic acids is 1. The Labute approximate surface area is 98.1 Å². The molecule has 3 N–H and O–H groups in total. The lowest BCUT2D eigenvalue weighted by Gasteiger charge is -2.16. The van der Waals surface area contributed by atoms with Crippen LogP contribution in [0.4, 0.5) is 4.79 Å². The zero-order chi connectivity index (χ0) is 12.0. The lowest BCUT2D eigenvalue weighted by atomic mass is 10.2. The number of hydrogen-bond acceptors (Lipinski definition) is 4. The first kappa shape index (κ1) is 13.1. The Morgan fingerprint density at radius 1 is 1.62 bits per heavy atom. The topological polar surface area (TPSA) is 87.7 Å². The quantitative estimate of drug-likeness (QED) is 0.632. The van der Waals surface area contributed by atoms with Crippen LogP contribution in [0, 0.1) is 0 Å². The van der Waals surface area contributed by atoms with E-state index in [9.17, 15) is 9.59 Å². The van der Waals surface area contributed by atoms with Gasteiger partial charge in [0.1, 0.15) is 0 Å². The minimum Gasteiger partial charge on any atom is -0.480 e. The maximum atomic E-state index is 11.4. The molecular formula is C9H16N2O4S. The van der Waals surface area contributed by atoms with E-state index in [1.165, 1.54) is 7.11 Å². The van der Waals surface area contributed by atoms with Crippen LogP contribution in [0.3, 0.4) is 0 Å². The second-order valence-corrected chi connectivity index (χ2v) is 4.67. The van der Waals surface area contributed by atoms with Gasteiger partial charge in [-0.1, -0.05) is 0 Å². The molecule has 92 valence electrons. The summed E-state index contributed by atoms with van der Waals surface area (Å²) in [6.07, 6.45) is 0.931. The Hall–Kier alpha value is -0.950. The van der Waals surface area contributed by atoms with Gasteiger partial charge in [-0.2, -0.15) is 11.8 Å². The van der Waals surface area contributed by atoms with Gasteiger partial charge in [0.15, 0.2) is 6.04 Å². The fourth-order valence-corrected chi connectivity index (χ4v) is 2.53.